The number of rotatable bonds is 6. The van der Waals surface area contributed by atoms with Gasteiger partial charge in [-0.25, -0.2) is 0 Å². The highest BCUT2D eigenvalue weighted by Crippen LogP contribution is 2.19. The molecule has 2 aromatic carbocycles. The van der Waals surface area contributed by atoms with E-state index in [1.165, 1.54) is 15.5 Å². The number of carbonyl (C=O) groups excluding carboxylic acids is 2. The number of ketones is 1. The molecule has 3 rings (SSSR count). The van der Waals surface area contributed by atoms with Gasteiger partial charge in [-0.15, -0.1) is 0 Å². The van der Waals surface area contributed by atoms with Gasteiger partial charge >= 0.3 is 0 Å². The summed E-state index contributed by atoms with van der Waals surface area (Å²) >= 11 is 0. The quantitative estimate of drug-likeness (QED) is 0.753. The lowest BCUT2D eigenvalue weighted by Gasteiger charge is -2.34. The van der Waals surface area contributed by atoms with Crippen LogP contribution in [0, 0.1) is 0 Å². The third-order valence-electron chi connectivity index (χ3n) is 4.56. The topological polar surface area (TPSA) is 86.8 Å². The first-order valence-electron chi connectivity index (χ1n) is 9.06. The van der Waals surface area contributed by atoms with Crippen molar-refractivity contribution in [2.24, 2.45) is 0 Å². The summed E-state index contributed by atoms with van der Waals surface area (Å²) in [6, 6.07) is 15.9. The number of Topliss-reactive ketones (excluding diaryl/α,β-unsaturated/α-hetero) is 1. The number of nitrogens with one attached hydrogen (secondary N) is 1. The largest absolute Gasteiger partial charge is 0.325 e. The first kappa shape index (κ1) is 20.2. The van der Waals surface area contributed by atoms with Gasteiger partial charge < -0.3 is 5.32 Å². The van der Waals surface area contributed by atoms with Gasteiger partial charge in [0, 0.05) is 30.9 Å². The monoisotopic (exact) mass is 401 g/mol. The maximum Gasteiger partial charge on any atom is 0.282 e. The standard InChI is InChI=1S/C20H23N3O4S/c1-16(24)18-8-10-19(11-9-18)21-20(25)15-23-13-5-12-22(28(23,26)27)14-17-6-3-2-4-7-17/h2-4,6-11H,5,12-15H2,1H3,(H,21,25). The van der Waals surface area contributed by atoms with Gasteiger partial charge in [0.25, 0.3) is 10.2 Å². The molecule has 2 aromatic rings. The van der Waals surface area contributed by atoms with E-state index in [1.54, 1.807) is 24.3 Å². The Hall–Kier alpha value is -2.55. The van der Waals surface area contributed by atoms with Gasteiger partial charge in [0.05, 0.1) is 6.54 Å². The molecular formula is C20H23N3O4S. The van der Waals surface area contributed by atoms with Gasteiger partial charge in [-0.05, 0) is 43.2 Å². The van der Waals surface area contributed by atoms with Gasteiger partial charge in [-0.3, -0.25) is 9.59 Å². The molecule has 1 amide bonds. The summed E-state index contributed by atoms with van der Waals surface area (Å²) < 4.78 is 28.3. The van der Waals surface area contributed by atoms with E-state index in [9.17, 15) is 18.0 Å². The Morgan fingerprint density at radius 3 is 2.25 bits per heavy atom. The maximum absolute atomic E-state index is 12.9. The summed E-state index contributed by atoms with van der Waals surface area (Å²) in [6.45, 7) is 2.25. The Labute approximate surface area is 165 Å². The van der Waals surface area contributed by atoms with Crippen molar-refractivity contribution in [2.75, 3.05) is 25.0 Å². The van der Waals surface area contributed by atoms with Gasteiger partial charge in [0.15, 0.2) is 5.78 Å². The molecule has 0 spiro atoms. The normalized spacial score (nSPS) is 17.2. The number of carbonyl (C=O) groups is 2. The summed E-state index contributed by atoms with van der Waals surface area (Å²) in [7, 11) is -3.71. The van der Waals surface area contributed by atoms with E-state index < -0.39 is 16.1 Å². The number of hydrogen-bond donors (Lipinski definition) is 1. The summed E-state index contributed by atoms with van der Waals surface area (Å²) in [5, 5.41) is 2.68. The third kappa shape index (κ3) is 4.83. The van der Waals surface area contributed by atoms with Gasteiger partial charge in [-0.2, -0.15) is 17.0 Å². The molecule has 0 bridgehead atoms. The van der Waals surface area contributed by atoms with E-state index in [1.807, 2.05) is 30.3 Å². The zero-order valence-corrected chi connectivity index (χ0v) is 16.5. The second-order valence-electron chi connectivity index (χ2n) is 6.70. The fourth-order valence-electron chi connectivity index (χ4n) is 3.07. The van der Waals surface area contributed by atoms with Crippen LogP contribution in [0.2, 0.25) is 0 Å². The summed E-state index contributed by atoms with van der Waals surface area (Å²) in [6.07, 6.45) is 0.659. The van der Waals surface area contributed by atoms with Crippen LogP contribution in [0.1, 0.15) is 29.3 Å². The predicted molar refractivity (Wildman–Crippen MR) is 107 cm³/mol. The van der Waals surface area contributed by atoms with Crippen LogP contribution in [0.3, 0.4) is 0 Å². The molecular weight excluding hydrogens is 378 g/mol. The molecule has 1 saturated heterocycles. The zero-order valence-electron chi connectivity index (χ0n) is 15.7. The Morgan fingerprint density at radius 2 is 1.61 bits per heavy atom. The van der Waals surface area contributed by atoms with Crippen LogP contribution < -0.4 is 5.32 Å². The molecule has 1 aliphatic rings. The minimum absolute atomic E-state index is 0.0594. The molecule has 0 aliphatic carbocycles. The van der Waals surface area contributed by atoms with Gasteiger partial charge in [0.2, 0.25) is 5.91 Å². The molecule has 1 heterocycles. The SMILES string of the molecule is CC(=O)c1ccc(NC(=O)CN2CCCN(Cc3ccccc3)S2(=O)=O)cc1. The molecule has 0 unspecified atom stereocenters. The van der Waals surface area contributed by atoms with E-state index in [-0.39, 0.29) is 18.9 Å². The summed E-state index contributed by atoms with van der Waals surface area (Å²) in [5.41, 5.74) is 1.97. The van der Waals surface area contributed by atoms with Crippen LogP contribution in [0.25, 0.3) is 0 Å². The van der Waals surface area contributed by atoms with Crippen molar-refractivity contribution in [3.05, 3.63) is 65.7 Å². The molecule has 28 heavy (non-hydrogen) atoms. The lowest BCUT2D eigenvalue weighted by atomic mass is 10.1. The first-order chi connectivity index (χ1) is 13.4. The smallest absolute Gasteiger partial charge is 0.282 e. The van der Waals surface area contributed by atoms with Crippen LogP contribution in [0.4, 0.5) is 5.69 Å². The fourth-order valence-corrected chi connectivity index (χ4v) is 4.71. The molecule has 0 radical (unpaired) electrons. The van der Waals surface area contributed by atoms with E-state index in [4.69, 9.17) is 0 Å². The van der Waals surface area contributed by atoms with E-state index in [0.717, 1.165) is 5.56 Å². The molecule has 1 N–H and O–H groups in total. The maximum atomic E-state index is 12.9. The highest BCUT2D eigenvalue weighted by atomic mass is 32.2. The average Bonchev–Trinajstić information content (AvgIpc) is 2.66. The van der Waals surface area contributed by atoms with Crippen molar-refractivity contribution in [3.63, 3.8) is 0 Å². The Morgan fingerprint density at radius 1 is 0.964 bits per heavy atom. The van der Waals surface area contributed by atoms with Crippen LogP contribution in [0.5, 0.6) is 0 Å². The van der Waals surface area contributed by atoms with Crippen LogP contribution in [-0.2, 0) is 21.5 Å². The number of anilines is 1. The molecule has 0 saturated carbocycles. The van der Waals surface area contributed by atoms with Crippen LogP contribution in [0.15, 0.2) is 54.6 Å². The predicted octanol–water partition coefficient (Wildman–Crippen LogP) is 2.28. The number of benzene rings is 2. The average molecular weight is 401 g/mol. The van der Waals surface area contributed by atoms with E-state index in [2.05, 4.69) is 5.32 Å². The van der Waals surface area contributed by atoms with E-state index in [0.29, 0.717) is 30.8 Å². The first-order valence-corrected chi connectivity index (χ1v) is 10.5. The van der Waals surface area contributed by atoms with Crippen molar-refractivity contribution in [2.45, 2.75) is 19.9 Å². The molecule has 0 aromatic heterocycles. The molecule has 0 atom stereocenters. The number of hydrogen-bond acceptors (Lipinski definition) is 4. The van der Waals surface area contributed by atoms with Crippen molar-refractivity contribution >= 4 is 27.6 Å². The zero-order chi connectivity index (χ0) is 20.1. The second kappa shape index (κ2) is 8.64. The van der Waals surface area contributed by atoms with Crippen molar-refractivity contribution < 1.29 is 18.0 Å². The second-order valence-corrected chi connectivity index (χ2v) is 8.62. The molecule has 1 fully saturated rings. The summed E-state index contributed by atoms with van der Waals surface area (Å²) in [4.78, 5) is 23.7. The highest BCUT2D eigenvalue weighted by molar-refractivity contribution is 7.86. The fraction of sp³-hybridized carbons (Fsp3) is 0.300. The minimum Gasteiger partial charge on any atom is -0.325 e. The van der Waals surface area contributed by atoms with Crippen molar-refractivity contribution in [1.29, 1.82) is 0 Å². The lowest BCUT2D eigenvalue weighted by Crippen LogP contribution is -2.51. The number of amides is 1. The lowest BCUT2D eigenvalue weighted by molar-refractivity contribution is -0.116. The van der Waals surface area contributed by atoms with Crippen molar-refractivity contribution in [3.8, 4) is 0 Å². The third-order valence-corrected chi connectivity index (χ3v) is 6.49. The van der Waals surface area contributed by atoms with Gasteiger partial charge in [0.1, 0.15) is 0 Å². The molecule has 1 aliphatic heterocycles. The minimum atomic E-state index is -3.71. The van der Waals surface area contributed by atoms with Crippen LogP contribution >= 0.6 is 0 Å². The highest BCUT2D eigenvalue weighted by Gasteiger charge is 2.34. The Kier molecular flexibility index (Phi) is 6.23. The molecule has 8 heteroatoms. The van der Waals surface area contributed by atoms with E-state index >= 15 is 0 Å². The Bertz CT molecular complexity index is 943. The molecule has 148 valence electrons. The van der Waals surface area contributed by atoms with Crippen LogP contribution in [-0.4, -0.2) is 48.4 Å². The molecule has 7 nitrogen and oxygen atoms in total. The number of nitrogens with zero attached hydrogens (tertiary/aromatic N) is 2. The Balaban J connectivity index is 1.64. The summed E-state index contributed by atoms with van der Waals surface area (Å²) in [5.74, 6) is -0.475. The van der Waals surface area contributed by atoms with Crippen molar-refractivity contribution in [1.82, 2.24) is 8.61 Å². The van der Waals surface area contributed by atoms with Gasteiger partial charge in [-0.1, -0.05) is 30.3 Å².